The van der Waals surface area contributed by atoms with Gasteiger partial charge in [0, 0.05) is 16.9 Å². The number of carbonyl (C=O) groups is 2. The van der Waals surface area contributed by atoms with E-state index < -0.39 is 28.8 Å². The number of nitrogens with zero attached hydrogens (tertiary/aromatic N) is 3. The summed E-state index contributed by atoms with van der Waals surface area (Å²) in [5.41, 5.74) is 4.09. The summed E-state index contributed by atoms with van der Waals surface area (Å²) < 4.78 is 0.376. The molecule has 4 N–H and O–H groups in total. The topological polar surface area (TPSA) is 153 Å². The Morgan fingerprint density at radius 3 is 2.27 bits per heavy atom. The molecule has 3 heterocycles. The van der Waals surface area contributed by atoms with Crippen molar-refractivity contribution < 1.29 is 30.0 Å². The molecular formula is C29H25N3O6S2. The van der Waals surface area contributed by atoms with E-state index in [-0.39, 0.29) is 11.5 Å². The van der Waals surface area contributed by atoms with Crippen LogP contribution >= 0.6 is 23.1 Å². The molecular weight excluding hydrogens is 550 g/mol. The van der Waals surface area contributed by atoms with Gasteiger partial charge >= 0.3 is 11.9 Å². The van der Waals surface area contributed by atoms with Crippen molar-refractivity contribution in [3.63, 3.8) is 0 Å². The van der Waals surface area contributed by atoms with Crippen LogP contribution in [0.4, 0.5) is 0 Å². The smallest absolute Gasteiger partial charge is 0.333 e. The summed E-state index contributed by atoms with van der Waals surface area (Å²) in [4.78, 5) is 35.8. The summed E-state index contributed by atoms with van der Waals surface area (Å²) in [5, 5.41) is 38.7. The third-order valence-electron chi connectivity index (χ3n) is 6.48. The highest BCUT2D eigenvalue weighted by molar-refractivity contribution is 8.16. The summed E-state index contributed by atoms with van der Waals surface area (Å²) in [7, 11) is 0. The molecule has 204 valence electrons. The van der Waals surface area contributed by atoms with Gasteiger partial charge in [0.2, 0.25) is 0 Å². The molecule has 6 rings (SSSR count). The maximum absolute atomic E-state index is 11.4. The number of hydrogen-bond acceptors (Lipinski definition) is 9. The van der Waals surface area contributed by atoms with Gasteiger partial charge in [-0.1, -0.05) is 36.0 Å². The quantitative estimate of drug-likeness (QED) is 0.256. The third-order valence-corrected chi connectivity index (χ3v) is 8.88. The molecule has 0 amide bonds. The zero-order valence-electron chi connectivity index (χ0n) is 21.5. The van der Waals surface area contributed by atoms with Crippen LogP contribution in [0, 0.1) is 0 Å². The van der Waals surface area contributed by atoms with Crippen molar-refractivity contribution in [3.05, 3.63) is 88.4 Å². The first-order valence-corrected chi connectivity index (χ1v) is 13.9. The molecule has 0 bridgehead atoms. The number of carboxylic acids is 2. The molecule has 0 radical (unpaired) electrons. The first kappa shape index (κ1) is 27.4. The van der Waals surface area contributed by atoms with Crippen molar-refractivity contribution in [2.45, 2.75) is 37.1 Å². The average Bonchev–Trinajstić information content (AvgIpc) is 3.48. The second-order valence-corrected chi connectivity index (χ2v) is 12.5. The molecule has 3 aromatic carbocycles. The maximum Gasteiger partial charge on any atom is 0.333 e. The Morgan fingerprint density at radius 2 is 1.60 bits per heavy atom. The minimum absolute atomic E-state index is 0.181. The van der Waals surface area contributed by atoms with Crippen molar-refractivity contribution in [2.24, 2.45) is 9.98 Å². The van der Waals surface area contributed by atoms with Crippen LogP contribution in [0.3, 0.4) is 0 Å². The van der Waals surface area contributed by atoms with Crippen molar-refractivity contribution in [1.82, 2.24) is 4.98 Å². The number of fused-ring (bicyclic) bond motifs is 2. The van der Waals surface area contributed by atoms with Gasteiger partial charge in [0.05, 0.1) is 10.2 Å². The van der Waals surface area contributed by atoms with Gasteiger partial charge in [-0.05, 0) is 73.0 Å². The number of thiazole rings is 1. The fraction of sp³-hybridized carbons (Fsp3) is 0.207. The lowest BCUT2D eigenvalue weighted by molar-refractivity contribution is -0.139. The number of phenols is 2. The predicted molar refractivity (Wildman–Crippen MR) is 156 cm³/mol. The second-order valence-electron chi connectivity index (χ2n) is 9.79. The number of aliphatic carboxylic acids is 2. The predicted octanol–water partition coefficient (Wildman–Crippen LogP) is 5.29. The largest absolute Gasteiger partial charge is 0.508 e. The van der Waals surface area contributed by atoms with Gasteiger partial charge in [0.15, 0.2) is 12.1 Å². The van der Waals surface area contributed by atoms with Gasteiger partial charge in [-0.3, -0.25) is 9.98 Å². The molecule has 4 aromatic rings. The molecule has 0 saturated heterocycles. The van der Waals surface area contributed by atoms with Crippen LogP contribution in [-0.4, -0.2) is 58.9 Å². The molecule has 11 heteroatoms. The fourth-order valence-electron chi connectivity index (χ4n) is 4.49. The highest BCUT2D eigenvalue weighted by atomic mass is 32.2. The van der Waals surface area contributed by atoms with Crippen LogP contribution < -0.4 is 0 Å². The fourth-order valence-corrected chi connectivity index (χ4v) is 6.69. The maximum atomic E-state index is 11.4. The Hall–Kier alpha value is -4.22. The normalized spacial score (nSPS) is 19.1. The number of carboxylic acid groups (broad SMARTS) is 2. The number of benzene rings is 3. The lowest BCUT2D eigenvalue weighted by Gasteiger charge is -2.21. The average molecular weight is 576 g/mol. The van der Waals surface area contributed by atoms with Crippen molar-refractivity contribution in [1.29, 1.82) is 0 Å². The summed E-state index contributed by atoms with van der Waals surface area (Å²) in [6.07, 6.45) is 0.602. The molecule has 1 aromatic heterocycles. The summed E-state index contributed by atoms with van der Waals surface area (Å²) >= 11 is 2.84. The van der Waals surface area contributed by atoms with Crippen LogP contribution in [0.2, 0.25) is 0 Å². The van der Waals surface area contributed by atoms with E-state index in [4.69, 9.17) is 0 Å². The highest BCUT2D eigenvalue weighted by Crippen LogP contribution is 2.41. The van der Waals surface area contributed by atoms with Gasteiger partial charge in [0.1, 0.15) is 21.6 Å². The number of phenolic OH excluding ortho intramolecular Hbond substituents is 2. The Bertz CT molecular complexity index is 1680. The lowest BCUT2D eigenvalue weighted by Crippen LogP contribution is -2.34. The Balaban J connectivity index is 0.000000161. The first-order valence-electron chi connectivity index (χ1n) is 12.3. The van der Waals surface area contributed by atoms with E-state index in [1.54, 1.807) is 42.5 Å². The molecule has 2 aliphatic heterocycles. The minimum atomic E-state index is -0.951. The lowest BCUT2D eigenvalue weighted by atomic mass is 9.91. The number of aliphatic imine (C=N–C) groups is 2. The van der Waals surface area contributed by atoms with E-state index in [9.17, 15) is 30.0 Å². The van der Waals surface area contributed by atoms with Crippen LogP contribution in [0.15, 0.2) is 76.7 Å². The molecule has 40 heavy (non-hydrogen) atoms. The summed E-state index contributed by atoms with van der Waals surface area (Å²) in [6, 6.07) is 17.5. The molecule has 2 aliphatic rings. The van der Waals surface area contributed by atoms with Crippen molar-refractivity contribution in [2.75, 3.05) is 0 Å². The second kappa shape index (κ2) is 10.7. The zero-order valence-corrected chi connectivity index (χ0v) is 23.1. The monoisotopic (exact) mass is 575 g/mol. The van der Waals surface area contributed by atoms with Crippen LogP contribution in [0.5, 0.6) is 11.5 Å². The first-order chi connectivity index (χ1) is 19.0. The van der Waals surface area contributed by atoms with Crippen LogP contribution in [0.25, 0.3) is 10.2 Å². The van der Waals surface area contributed by atoms with E-state index in [2.05, 4.69) is 15.0 Å². The number of hydrogen-bond donors (Lipinski definition) is 4. The zero-order chi connectivity index (χ0) is 28.6. The number of aromatic hydroxyl groups is 2. The molecule has 2 unspecified atom stereocenters. The number of thioether (sulfide) groups is 1. The van der Waals surface area contributed by atoms with E-state index >= 15 is 0 Å². The van der Waals surface area contributed by atoms with Crippen LogP contribution in [0.1, 0.15) is 41.6 Å². The Morgan fingerprint density at radius 1 is 0.900 bits per heavy atom. The molecule has 2 atom stereocenters. The van der Waals surface area contributed by atoms with Gasteiger partial charge in [-0.25, -0.2) is 14.6 Å². The SMILES string of the molecule is CC1(C)SC(c2nc3ccc(O)cc3s2)=NC1C(=O)O.O=C(O)C1N=C(c2ccc(O)cc2)Cc2ccccc21. The molecule has 0 saturated carbocycles. The highest BCUT2D eigenvalue weighted by Gasteiger charge is 2.43. The van der Waals surface area contributed by atoms with E-state index in [0.717, 1.165) is 32.6 Å². The third kappa shape index (κ3) is 5.56. The summed E-state index contributed by atoms with van der Waals surface area (Å²) in [6.45, 7) is 3.73. The molecule has 9 nitrogen and oxygen atoms in total. The van der Waals surface area contributed by atoms with E-state index in [0.29, 0.717) is 16.5 Å². The summed E-state index contributed by atoms with van der Waals surface area (Å²) in [5.74, 6) is -1.50. The van der Waals surface area contributed by atoms with Crippen molar-refractivity contribution >= 4 is 56.0 Å². The Kier molecular flexibility index (Phi) is 7.35. The van der Waals surface area contributed by atoms with Crippen LogP contribution in [-0.2, 0) is 16.0 Å². The number of aromatic nitrogens is 1. The van der Waals surface area contributed by atoms with E-state index in [1.165, 1.54) is 23.1 Å². The molecule has 0 aliphatic carbocycles. The van der Waals surface area contributed by atoms with Crippen molar-refractivity contribution in [3.8, 4) is 11.5 Å². The van der Waals surface area contributed by atoms with Gasteiger partial charge < -0.3 is 20.4 Å². The Labute approximate surface area is 237 Å². The molecule has 0 fully saturated rings. The van der Waals surface area contributed by atoms with Gasteiger partial charge in [-0.15, -0.1) is 11.3 Å². The molecule has 0 spiro atoms. The standard InChI is InChI=1S/C16H13NO3.C13H12N2O3S2/c18-12-7-5-10(6-8-12)14-9-11-3-1-2-4-13(11)15(17-14)16(19)20;1-13(2)9(12(17)18)15-11(20-13)10-14-7-4-3-6(16)5-8(7)19-10/h1-8,15,18H,9H2,(H,19,20);3-5,9,16H,1-2H3,(H,17,18). The van der Waals surface area contributed by atoms with Gasteiger partial charge in [-0.2, -0.15) is 0 Å². The number of rotatable bonds is 4. The van der Waals surface area contributed by atoms with Gasteiger partial charge in [0.25, 0.3) is 0 Å². The van der Waals surface area contributed by atoms with E-state index in [1.807, 2.05) is 38.1 Å². The minimum Gasteiger partial charge on any atom is -0.508 e.